The van der Waals surface area contributed by atoms with E-state index in [2.05, 4.69) is 28.6 Å². The predicted molar refractivity (Wildman–Crippen MR) is 74.2 cm³/mol. The van der Waals surface area contributed by atoms with Crippen LogP contribution in [0.5, 0.6) is 0 Å². The van der Waals surface area contributed by atoms with Crippen LogP contribution in [0.4, 0.5) is 5.13 Å². The molecule has 0 aromatic carbocycles. The van der Waals surface area contributed by atoms with Crippen LogP contribution in [-0.2, 0) is 0 Å². The van der Waals surface area contributed by atoms with E-state index in [0.29, 0.717) is 11.7 Å². The van der Waals surface area contributed by atoms with E-state index in [9.17, 15) is 4.79 Å². The SMILES string of the molecule is CCN(CC)C1CCN(c2nc(C(N)=O)cs2)C1. The number of primary amides is 1. The molecule has 1 amide bonds. The maximum absolute atomic E-state index is 11.0. The molecule has 1 aromatic rings. The van der Waals surface area contributed by atoms with E-state index in [0.717, 1.165) is 37.7 Å². The summed E-state index contributed by atoms with van der Waals surface area (Å²) in [5.41, 5.74) is 5.60. The average molecular weight is 268 g/mol. The molecule has 1 aliphatic heterocycles. The van der Waals surface area contributed by atoms with Gasteiger partial charge in [-0.3, -0.25) is 9.69 Å². The van der Waals surface area contributed by atoms with E-state index in [1.54, 1.807) is 5.38 Å². The van der Waals surface area contributed by atoms with Gasteiger partial charge in [0.25, 0.3) is 5.91 Å². The predicted octanol–water partition coefficient (Wildman–Crippen LogP) is 1.16. The van der Waals surface area contributed by atoms with Crippen molar-refractivity contribution >= 4 is 22.4 Å². The molecule has 1 saturated heterocycles. The van der Waals surface area contributed by atoms with Crippen LogP contribution in [0.1, 0.15) is 30.8 Å². The molecule has 6 heteroatoms. The second kappa shape index (κ2) is 5.67. The van der Waals surface area contributed by atoms with Gasteiger partial charge in [-0.05, 0) is 19.5 Å². The van der Waals surface area contributed by atoms with Crippen LogP contribution in [0, 0.1) is 0 Å². The van der Waals surface area contributed by atoms with Gasteiger partial charge < -0.3 is 10.6 Å². The summed E-state index contributed by atoms with van der Waals surface area (Å²) in [7, 11) is 0. The number of aromatic nitrogens is 1. The molecule has 2 rings (SSSR count). The third-order valence-electron chi connectivity index (χ3n) is 3.51. The van der Waals surface area contributed by atoms with Crippen molar-refractivity contribution in [2.24, 2.45) is 5.73 Å². The van der Waals surface area contributed by atoms with Crippen LogP contribution >= 0.6 is 11.3 Å². The number of carbonyl (C=O) groups is 1. The largest absolute Gasteiger partial charge is 0.364 e. The Bertz CT molecular complexity index is 416. The van der Waals surface area contributed by atoms with Crippen LogP contribution < -0.4 is 10.6 Å². The van der Waals surface area contributed by atoms with E-state index in [1.807, 2.05) is 0 Å². The number of hydrogen-bond acceptors (Lipinski definition) is 5. The first-order valence-corrected chi connectivity index (χ1v) is 7.28. The molecule has 100 valence electrons. The Morgan fingerprint density at radius 3 is 2.89 bits per heavy atom. The van der Waals surface area contributed by atoms with Gasteiger partial charge in [0.1, 0.15) is 5.69 Å². The topological polar surface area (TPSA) is 62.5 Å². The van der Waals surface area contributed by atoms with Crippen molar-refractivity contribution in [2.45, 2.75) is 26.3 Å². The van der Waals surface area contributed by atoms with E-state index >= 15 is 0 Å². The number of hydrogen-bond donors (Lipinski definition) is 1. The van der Waals surface area contributed by atoms with Crippen molar-refractivity contribution in [3.8, 4) is 0 Å². The Labute approximate surface area is 112 Å². The highest BCUT2D eigenvalue weighted by molar-refractivity contribution is 7.13. The summed E-state index contributed by atoms with van der Waals surface area (Å²) < 4.78 is 0. The van der Waals surface area contributed by atoms with Crippen LogP contribution in [0.2, 0.25) is 0 Å². The number of nitrogens with zero attached hydrogens (tertiary/aromatic N) is 3. The molecule has 5 nitrogen and oxygen atoms in total. The molecule has 2 N–H and O–H groups in total. The van der Waals surface area contributed by atoms with Crippen molar-refractivity contribution < 1.29 is 4.79 Å². The van der Waals surface area contributed by atoms with E-state index < -0.39 is 5.91 Å². The zero-order valence-electron chi connectivity index (χ0n) is 10.9. The van der Waals surface area contributed by atoms with Crippen molar-refractivity contribution in [1.29, 1.82) is 0 Å². The van der Waals surface area contributed by atoms with Crippen LogP contribution in [0.25, 0.3) is 0 Å². The van der Waals surface area contributed by atoms with Crippen molar-refractivity contribution in [3.63, 3.8) is 0 Å². The first kappa shape index (κ1) is 13.3. The van der Waals surface area contributed by atoms with E-state index in [1.165, 1.54) is 11.3 Å². The number of amides is 1. The molecule has 18 heavy (non-hydrogen) atoms. The summed E-state index contributed by atoms with van der Waals surface area (Å²) in [6, 6.07) is 0.598. The molecule has 0 aliphatic carbocycles. The van der Waals surface area contributed by atoms with Gasteiger partial charge in [0.2, 0.25) is 0 Å². The summed E-state index contributed by atoms with van der Waals surface area (Å²) >= 11 is 1.50. The Morgan fingerprint density at radius 1 is 1.61 bits per heavy atom. The highest BCUT2D eigenvalue weighted by Gasteiger charge is 2.27. The first-order chi connectivity index (χ1) is 8.65. The summed E-state index contributed by atoms with van der Waals surface area (Å²) in [6.07, 6.45) is 1.16. The highest BCUT2D eigenvalue weighted by atomic mass is 32.1. The Balaban J connectivity index is 2.01. The minimum atomic E-state index is -0.447. The number of nitrogens with two attached hydrogens (primary N) is 1. The second-order valence-corrected chi connectivity index (χ2v) is 5.33. The molecule has 1 aliphatic rings. The van der Waals surface area contributed by atoms with Gasteiger partial charge in [0.05, 0.1) is 0 Å². The average Bonchev–Trinajstić information content (AvgIpc) is 2.98. The Hall–Kier alpha value is -1.14. The van der Waals surface area contributed by atoms with Crippen LogP contribution in [-0.4, -0.2) is 48.0 Å². The zero-order chi connectivity index (χ0) is 13.1. The summed E-state index contributed by atoms with van der Waals surface area (Å²) in [4.78, 5) is 20.0. The van der Waals surface area contributed by atoms with E-state index in [4.69, 9.17) is 5.73 Å². The molecule has 0 spiro atoms. The molecule has 1 atom stereocenters. The quantitative estimate of drug-likeness (QED) is 0.870. The fraction of sp³-hybridized carbons (Fsp3) is 0.667. The number of rotatable bonds is 5. The van der Waals surface area contributed by atoms with Crippen LogP contribution in [0.3, 0.4) is 0 Å². The molecular weight excluding hydrogens is 248 g/mol. The van der Waals surface area contributed by atoms with Gasteiger partial charge in [-0.15, -0.1) is 11.3 Å². The van der Waals surface area contributed by atoms with Crippen molar-refractivity contribution in [1.82, 2.24) is 9.88 Å². The molecular formula is C12H20N4OS. The van der Waals surface area contributed by atoms with Crippen LogP contribution in [0.15, 0.2) is 5.38 Å². The van der Waals surface area contributed by atoms with Gasteiger partial charge in [-0.2, -0.15) is 0 Å². The molecule has 0 bridgehead atoms. The molecule has 1 unspecified atom stereocenters. The third-order valence-corrected chi connectivity index (χ3v) is 4.41. The molecule has 0 radical (unpaired) electrons. The molecule has 0 saturated carbocycles. The van der Waals surface area contributed by atoms with Crippen molar-refractivity contribution in [3.05, 3.63) is 11.1 Å². The van der Waals surface area contributed by atoms with Gasteiger partial charge in [0.15, 0.2) is 5.13 Å². The highest BCUT2D eigenvalue weighted by Crippen LogP contribution is 2.26. The molecule has 1 fully saturated rings. The standard InChI is InChI=1S/C12H20N4OS/c1-3-15(4-2)9-5-6-16(7-9)12-14-10(8-18-12)11(13)17/h8-9H,3-7H2,1-2H3,(H2,13,17). The number of anilines is 1. The smallest absolute Gasteiger partial charge is 0.268 e. The van der Waals surface area contributed by atoms with Gasteiger partial charge in [-0.25, -0.2) is 4.98 Å². The number of likely N-dealkylation sites (N-methyl/N-ethyl adjacent to an activating group) is 1. The second-order valence-electron chi connectivity index (χ2n) is 4.49. The zero-order valence-corrected chi connectivity index (χ0v) is 11.7. The van der Waals surface area contributed by atoms with Gasteiger partial charge in [-0.1, -0.05) is 13.8 Å². The number of thiazole rings is 1. The fourth-order valence-electron chi connectivity index (χ4n) is 2.48. The van der Waals surface area contributed by atoms with E-state index in [-0.39, 0.29) is 0 Å². The maximum atomic E-state index is 11.0. The Kier molecular flexibility index (Phi) is 4.19. The summed E-state index contributed by atoms with van der Waals surface area (Å²) in [6.45, 7) is 8.56. The first-order valence-electron chi connectivity index (χ1n) is 6.40. The minimum Gasteiger partial charge on any atom is -0.364 e. The fourth-order valence-corrected chi connectivity index (χ4v) is 3.33. The lowest BCUT2D eigenvalue weighted by molar-refractivity contribution is 0.0996. The number of carbonyl (C=O) groups excluding carboxylic acids is 1. The van der Waals surface area contributed by atoms with Crippen molar-refractivity contribution in [2.75, 3.05) is 31.1 Å². The monoisotopic (exact) mass is 268 g/mol. The maximum Gasteiger partial charge on any atom is 0.268 e. The molecule has 1 aromatic heterocycles. The Morgan fingerprint density at radius 2 is 2.33 bits per heavy atom. The lowest BCUT2D eigenvalue weighted by Crippen LogP contribution is -2.37. The normalized spacial score (nSPS) is 19.7. The summed E-state index contributed by atoms with van der Waals surface area (Å²) in [5, 5.41) is 2.65. The third kappa shape index (κ3) is 2.64. The van der Waals surface area contributed by atoms with Gasteiger partial charge in [0, 0.05) is 24.5 Å². The lowest BCUT2D eigenvalue weighted by Gasteiger charge is -2.25. The lowest BCUT2D eigenvalue weighted by atomic mass is 10.2. The van der Waals surface area contributed by atoms with Gasteiger partial charge >= 0.3 is 0 Å². The minimum absolute atomic E-state index is 0.376. The summed E-state index contributed by atoms with van der Waals surface area (Å²) in [5.74, 6) is -0.447. The molecule has 2 heterocycles.